The topological polar surface area (TPSA) is 9.23 Å². The van der Waals surface area contributed by atoms with E-state index in [-0.39, 0.29) is 10.0 Å². The predicted octanol–water partition coefficient (Wildman–Crippen LogP) is 5.99. The Morgan fingerprint density at radius 2 is 1.42 bits per heavy atom. The van der Waals surface area contributed by atoms with E-state index in [4.69, 9.17) is 0 Å². The van der Waals surface area contributed by atoms with Gasteiger partial charge in [0.05, 0.1) is 6.10 Å². The van der Waals surface area contributed by atoms with Crippen molar-refractivity contribution in [3.05, 3.63) is 34.3 Å². The number of hydrogen-bond acceptors (Lipinski definition) is 1. The molecule has 0 aromatic heterocycles. The molecule has 0 aliphatic rings. The molecule has 0 spiro atoms. The molecule has 0 radical (unpaired) electrons. The molecule has 1 aromatic rings. The highest BCUT2D eigenvalue weighted by Gasteiger charge is 2.81. The molecule has 0 fully saturated rings. The molecule has 1 nitrogen and oxygen atoms in total. The Kier molecular flexibility index (Phi) is 5.92. The van der Waals surface area contributed by atoms with Crippen LogP contribution in [0.25, 0.3) is 0 Å². The zero-order valence-corrected chi connectivity index (χ0v) is 13.4. The van der Waals surface area contributed by atoms with Crippen LogP contribution in [-0.4, -0.2) is 31.1 Å². The molecule has 0 aliphatic heterocycles. The van der Waals surface area contributed by atoms with E-state index in [1.807, 2.05) is 0 Å². The second-order valence-electron chi connectivity index (χ2n) is 4.80. The second-order valence-corrected chi connectivity index (χ2v) is 5.66. The number of benzene rings is 1. The molecular weight excluding hydrogens is 423 g/mol. The standard InChI is InChI=1S/C13H10BrF9O/c1-24-9(7-4-2-3-5-8(7)14)6-10(15,16)11(17,18)12(19,20)13(21,22)23/h2-5,9H,6H2,1H3. The van der Waals surface area contributed by atoms with Crippen molar-refractivity contribution in [2.45, 2.75) is 36.5 Å². The summed E-state index contributed by atoms with van der Waals surface area (Å²) in [5, 5.41) is 0. The van der Waals surface area contributed by atoms with Crippen LogP contribution in [0.5, 0.6) is 0 Å². The minimum atomic E-state index is -6.91. The van der Waals surface area contributed by atoms with Gasteiger partial charge >= 0.3 is 23.9 Å². The highest BCUT2D eigenvalue weighted by molar-refractivity contribution is 9.10. The van der Waals surface area contributed by atoms with Gasteiger partial charge in [-0.1, -0.05) is 34.1 Å². The maximum atomic E-state index is 13.7. The minimum absolute atomic E-state index is 0.106. The highest BCUT2D eigenvalue weighted by Crippen LogP contribution is 2.55. The fourth-order valence-electron chi connectivity index (χ4n) is 1.83. The zero-order valence-electron chi connectivity index (χ0n) is 11.8. The molecule has 0 heterocycles. The first-order chi connectivity index (χ1) is 10.7. The lowest BCUT2D eigenvalue weighted by Gasteiger charge is -2.35. The summed E-state index contributed by atoms with van der Waals surface area (Å²) in [7, 11) is 0.834. The summed E-state index contributed by atoms with van der Waals surface area (Å²) >= 11 is 2.93. The molecule has 1 aromatic carbocycles. The highest BCUT2D eigenvalue weighted by atomic mass is 79.9. The molecule has 0 saturated carbocycles. The first-order valence-electron chi connectivity index (χ1n) is 6.16. The lowest BCUT2D eigenvalue weighted by Crippen LogP contribution is -2.61. The third-order valence-electron chi connectivity index (χ3n) is 3.19. The van der Waals surface area contributed by atoms with E-state index in [1.165, 1.54) is 24.3 Å². The van der Waals surface area contributed by atoms with Gasteiger partial charge in [0.1, 0.15) is 0 Å². The average molecular weight is 433 g/mol. The molecule has 138 valence electrons. The Labute approximate surface area is 138 Å². The van der Waals surface area contributed by atoms with Gasteiger partial charge < -0.3 is 4.74 Å². The molecular formula is C13H10BrF9O. The smallest absolute Gasteiger partial charge is 0.376 e. The molecule has 1 unspecified atom stereocenters. The summed E-state index contributed by atoms with van der Waals surface area (Å²) in [6.07, 6.45) is -10.8. The Balaban J connectivity index is 3.21. The Morgan fingerprint density at radius 3 is 1.83 bits per heavy atom. The van der Waals surface area contributed by atoms with Crippen LogP contribution >= 0.6 is 15.9 Å². The minimum Gasteiger partial charge on any atom is -0.376 e. The Hall–Kier alpha value is -0.970. The van der Waals surface area contributed by atoms with Gasteiger partial charge in [-0.3, -0.25) is 0 Å². The molecule has 24 heavy (non-hydrogen) atoms. The number of halogens is 10. The van der Waals surface area contributed by atoms with Crippen molar-refractivity contribution < 1.29 is 44.3 Å². The van der Waals surface area contributed by atoms with Gasteiger partial charge in [-0.05, 0) is 11.6 Å². The van der Waals surface area contributed by atoms with Crippen molar-refractivity contribution in [2.24, 2.45) is 0 Å². The monoisotopic (exact) mass is 432 g/mol. The summed E-state index contributed by atoms with van der Waals surface area (Å²) in [6, 6.07) is 5.29. The van der Waals surface area contributed by atoms with Crippen molar-refractivity contribution in [1.82, 2.24) is 0 Å². The molecule has 0 N–H and O–H groups in total. The average Bonchev–Trinajstić information content (AvgIpc) is 2.44. The number of rotatable bonds is 6. The SMILES string of the molecule is COC(CC(F)(F)C(F)(F)C(F)(F)C(F)(F)F)c1ccccc1Br. The number of ether oxygens (including phenoxy) is 1. The third-order valence-corrected chi connectivity index (χ3v) is 3.91. The van der Waals surface area contributed by atoms with Crippen LogP contribution in [0.3, 0.4) is 0 Å². The molecule has 1 atom stereocenters. The fourth-order valence-corrected chi connectivity index (χ4v) is 2.37. The molecule has 11 heteroatoms. The van der Waals surface area contributed by atoms with Crippen molar-refractivity contribution in [1.29, 1.82) is 0 Å². The van der Waals surface area contributed by atoms with E-state index >= 15 is 0 Å². The van der Waals surface area contributed by atoms with Crippen molar-refractivity contribution >= 4 is 15.9 Å². The van der Waals surface area contributed by atoms with Crippen LogP contribution in [0.15, 0.2) is 28.7 Å². The predicted molar refractivity (Wildman–Crippen MR) is 69.4 cm³/mol. The third kappa shape index (κ3) is 3.66. The molecule has 0 aliphatic carbocycles. The Morgan fingerprint density at radius 1 is 0.917 bits per heavy atom. The number of hydrogen-bond donors (Lipinski definition) is 0. The van der Waals surface area contributed by atoms with Crippen molar-refractivity contribution in [3.63, 3.8) is 0 Å². The fraction of sp³-hybridized carbons (Fsp3) is 0.538. The van der Waals surface area contributed by atoms with E-state index in [2.05, 4.69) is 20.7 Å². The van der Waals surface area contributed by atoms with Gasteiger partial charge in [0.25, 0.3) is 0 Å². The molecule has 0 saturated heterocycles. The summed E-state index contributed by atoms with van der Waals surface area (Å²) in [6.45, 7) is 0. The van der Waals surface area contributed by atoms with Crippen LogP contribution in [0.1, 0.15) is 18.1 Å². The lowest BCUT2D eigenvalue weighted by atomic mass is 9.95. The van der Waals surface area contributed by atoms with Gasteiger partial charge in [0, 0.05) is 18.0 Å². The van der Waals surface area contributed by atoms with Gasteiger partial charge in [-0.15, -0.1) is 0 Å². The number of methoxy groups -OCH3 is 1. The molecule has 0 bridgehead atoms. The first-order valence-corrected chi connectivity index (χ1v) is 6.95. The summed E-state index contributed by atoms with van der Waals surface area (Å²) in [5.74, 6) is -19.3. The quantitative estimate of drug-likeness (QED) is 0.501. The zero-order chi connectivity index (χ0) is 19.0. The normalized spacial score (nSPS) is 15.5. The summed E-state index contributed by atoms with van der Waals surface area (Å²) in [4.78, 5) is 0. The van der Waals surface area contributed by atoms with E-state index in [0.29, 0.717) is 0 Å². The molecule has 1 rings (SSSR count). The first kappa shape index (κ1) is 21.1. The summed E-state index contributed by atoms with van der Waals surface area (Å²) < 4.78 is 120. The van der Waals surface area contributed by atoms with Crippen LogP contribution in [-0.2, 0) is 4.74 Å². The molecule has 0 amide bonds. The number of alkyl halides is 9. The van der Waals surface area contributed by atoms with Crippen molar-refractivity contribution in [3.8, 4) is 0 Å². The maximum Gasteiger partial charge on any atom is 0.460 e. The van der Waals surface area contributed by atoms with Crippen LogP contribution in [0.4, 0.5) is 39.5 Å². The van der Waals surface area contributed by atoms with E-state index < -0.39 is 36.5 Å². The largest absolute Gasteiger partial charge is 0.460 e. The van der Waals surface area contributed by atoms with Crippen LogP contribution in [0, 0.1) is 0 Å². The van der Waals surface area contributed by atoms with Gasteiger partial charge in [-0.2, -0.15) is 39.5 Å². The van der Waals surface area contributed by atoms with E-state index in [0.717, 1.165) is 7.11 Å². The second kappa shape index (κ2) is 6.74. The van der Waals surface area contributed by atoms with E-state index in [9.17, 15) is 39.5 Å². The summed E-state index contributed by atoms with van der Waals surface area (Å²) in [5.41, 5.74) is -0.106. The van der Waals surface area contributed by atoms with Gasteiger partial charge in [0.2, 0.25) is 0 Å². The van der Waals surface area contributed by atoms with Gasteiger partial charge in [0.15, 0.2) is 0 Å². The Bertz CT molecular complexity index is 571. The lowest BCUT2D eigenvalue weighted by molar-refractivity contribution is -0.398. The maximum absolute atomic E-state index is 13.7. The van der Waals surface area contributed by atoms with Crippen LogP contribution < -0.4 is 0 Å². The van der Waals surface area contributed by atoms with Gasteiger partial charge in [-0.25, -0.2) is 0 Å². The van der Waals surface area contributed by atoms with Crippen LogP contribution in [0.2, 0.25) is 0 Å². The van der Waals surface area contributed by atoms with Crippen molar-refractivity contribution in [2.75, 3.05) is 7.11 Å². The van der Waals surface area contributed by atoms with E-state index in [1.54, 1.807) is 0 Å².